The minimum atomic E-state index is -0.461. The first-order chi connectivity index (χ1) is 13.2. The molecule has 1 fully saturated rings. The number of carbonyl (C=O) groups is 2. The van der Waals surface area contributed by atoms with Crippen LogP contribution in [0.5, 0.6) is 5.75 Å². The number of para-hydroxylation sites is 1. The first-order valence-corrected chi connectivity index (χ1v) is 9.72. The van der Waals surface area contributed by atoms with Crippen LogP contribution in [-0.2, 0) is 11.2 Å². The Kier molecular flexibility index (Phi) is 4.97. The number of ether oxygens (including phenoxy) is 1. The highest BCUT2D eigenvalue weighted by molar-refractivity contribution is 6.00. The lowest BCUT2D eigenvalue weighted by molar-refractivity contribution is -0.131. The fourth-order valence-electron chi connectivity index (χ4n) is 4.16. The molecule has 2 aromatic rings. The molecule has 1 aromatic carbocycles. The van der Waals surface area contributed by atoms with E-state index in [-0.39, 0.29) is 11.7 Å². The molecule has 0 aliphatic carbocycles. The number of benzene rings is 1. The van der Waals surface area contributed by atoms with Crippen molar-refractivity contribution < 1.29 is 14.3 Å². The lowest BCUT2D eigenvalue weighted by atomic mass is 9.84. The fourth-order valence-corrected chi connectivity index (χ4v) is 4.16. The third kappa shape index (κ3) is 3.89. The van der Waals surface area contributed by atoms with Gasteiger partial charge in [-0.2, -0.15) is 5.10 Å². The monoisotopic (exact) mass is 367 g/mol. The Morgan fingerprint density at radius 1 is 1.26 bits per heavy atom. The van der Waals surface area contributed by atoms with Crippen molar-refractivity contribution in [2.45, 2.75) is 50.5 Å². The standard InChI is InChI=1S/C21H25N3O3/c25-18-13-21(27-19-7-2-1-6-17(18)19)9-4-11-24(12-10-21)20(26)8-3-5-16-14-22-23-15-16/h1-2,6-7,14-15H,3-5,8-13H2,(H,22,23). The summed E-state index contributed by atoms with van der Waals surface area (Å²) < 4.78 is 6.30. The SMILES string of the molecule is O=C1CC2(CCCN(C(=O)CCCc3cn[nH]c3)CC2)Oc2ccccc21. The Bertz CT molecular complexity index is 818. The molecule has 0 saturated carbocycles. The lowest BCUT2D eigenvalue weighted by Crippen LogP contribution is -2.43. The van der Waals surface area contributed by atoms with Crippen LogP contribution in [0.4, 0.5) is 0 Å². The average molecular weight is 367 g/mol. The highest BCUT2D eigenvalue weighted by Crippen LogP contribution is 2.39. The molecule has 4 rings (SSSR count). The van der Waals surface area contributed by atoms with E-state index in [0.717, 1.165) is 37.8 Å². The van der Waals surface area contributed by atoms with Crippen molar-refractivity contribution in [3.8, 4) is 5.75 Å². The molecule has 142 valence electrons. The Balaban J connectivity index is 1.35. The maximum atomic E-state index is 12.6. The van der Waals surface area contributed by atoms with Gasteiger partial charge in [0.05, 0.1) is 18.2 Å². The average Bonchev–Trinajstić information content (AvgIpc) is 3.10. The van der Waals surface area contributed by atoms with Gasteiger partial charge in [0.25, 0.3) is 0 Å². The number of hydrogen-bond donors (Lipinski definition) is 1. The van der Waals surface area contributed by atoms with E-state index in [1.165, 1.54) is 0 Å². The number of carbonyl (C=O) groups excluding carboxylic acids is 2. The molecule has 1 aromatic heterocycles. The normalized spacial score (nSPS) is 22.2. The van der Waals surface area contributed by atoms with Gasteiger partial charge in [-0.15, -0.1) is 0 Å². The number of fused-ring (bicyclic) bond motifs is 1. The van der Waals surface area contributed by atoms with E-state index >= 15 is 0 Å². The predicted octanol–water partition coefficient (Wildman–Crippen LogP) is 3.15. The second-order valence-electron chi connectivity index (χ2n) is 7.58. The van der Waals surface area contributed by atoms with E-state index in [4.69, 9.17) is 4.74 Å². The Labute approximate surface area is 158 Å². The van der Waals surface area contributed by atoms with Gasteiger partial charge < -0.3 is 9.64 Å². The van der Waals surface area contributed by atoms with Gasteiger partial charge in [-0.05, 0) is 43.4 Å². The number of aryl methyl sites for hydroxylation is 1. The molecule has 6 nitrogen and oxygen atoms in total. The van der Waals surface area contributed by atoms with Crippen molar-refractivity contribution in [1.82, 2.24) is 15.1 Å². The maximum absolute atomic E-state index is 12.6. The van der Waals surface area contributed by atoms with E-state index in [0.29, 0.717) is 37.1 Å². The smallest absolute Gasteiger partial charge is 0.222 e. The van der Waals surface area contributed by atoms with Crippen LogP contribution in [0.2, 0.25) is 0 Å². The number of nitrogens with zero attached hydrogens (tertiary/aromatic N) is 2. The number of nitrogens with one attached hydrogen (secondary N) is 1. The molecular formula is C21H25N3O3. The lowest BCUT2D eigenvalue weighted by Gasteiger charge is -2.37. The van der Waals surface area contributed by atoms with Gasteiger partial charge in [0, 0.05) is 32.1 Å². The second kappa shape index (κ2) is 7.55. The molecule has 1 spiro atoms. The number of rotatable bonds is 4. The first kappa shape index (κ1) is 17.8. The predicted molar refractivity (Wildman–Crippen MR) is 101 cm³/mol. The summed E-state index contributed by atoms with van der Waals surface area (Å²) in [6.07, 6.45) is 8.68. The van der Waals surface area contributed by atoms with Crippen LogP contribution in [0.25, 0.3) is 0 Å². The number of aromatic amines is 1. The van der Waals surface area contributed by atoms with Gasteiger partial charge in [-0.3, -0.25) is 14.7 Å². The van der Waals surface area contributed by atoms with Crippen LogP contribution in [0.15, 0.2) is 36.7 Å². The van der Waals surface area contributed by atoms with Crippen molar-refractivity contribution in [2.24, 2.45) is 0 Å². The number of amides is 1. The molecule has 2 aliphatic heterocycles. The van der Waals surface area contributed by atoms with E-state index < -0.39 is 5.60 Å². The summed E-state index contributed by atoms with van der Waals surface area (Å²) in [4.78, 5) is 27.1. The number of Topliss-reactive ketones (excluding diaryl/α,β-unsaturated/α-hetero) is 1. The van der Waals surface area contributed by atoms with Crippen LogP contribution in [-0.4, -0.2) is 45.5 Å². The summed E-state index contributed by atoms with van der Waals surface area (Å²) in [7, 11) is 0. The summed E-state index contributed by atoms with van der Waals surface area (Å²) in [6.45, 7) is 1.39. The molecule has 0 bridgehead atoms. The molecule has 27 heavy (non-hydrogen) atoms. The fraction of sp³-hybridized carbons (Fsp3) is 0.476. The number of aromatic nitrogens is 2. The van der Waals surface area contributed by atoms with E-state index in [1.54, 1.807) is 6.20 Å². The van der Waals surface area contributed by atoms with Crippen LogP contribution in [0, 0.1) is 0 Å². The molecular weight excluding hydrogens is 342 g/mol. The summed E-state index contributed by atoms with van der Waals surface area (Å²) in [5, 5.41) is 6.73. The summed E-state index contributed by atoms with van der Waals surface area (Å²) >= 11 is 0. The van der Waals surface area contributed by atoms with Crippen molar-refractivity contribution in [3.63, 3.8) is 0 Å². The minimum Gasteiger partial charge on any atom is -0.486 e. The van der Waals surface area contributed by atoms with Gasteiger partial charge in [0.2, 0.25) is 5.91 Å². The topological polar surface area (TPSA) is 75.3 Å². The molecule has 1 saturated heterocycles. The Morgan fingerprint density at radius 2 is 2.15 bits per heavy atom. The zero-order valence-electron chi connectivity index (χ0n) is 15.4. The number of ketones is 1. The molecule has 1 unspecified atom stereocenters. The third-order valence-corrected chi connectivity index (χ3v) is 5.66. The zero-order chi connectivity index (χ0) is 18.7. The van der Waals surface area contributed by atoms with E-state index in [1.807, 2.05) is 35.4 Å². The quantitative estimate of drug-likeness (QED) is 0.901. The molecule has 2 aliphatic rings. The second-order valence-corrected chi connectivity index (χ2v) is 7.58. The van der Waals surface area contributed by atoms with Gasteiger partial charge in [-0.25, -0.2) is 0 Å². The minimum absolute atomic E-state index is 0.150. The third-order valence-electron chi connectivity index (χ3n) is 5.66. The zero-order valence-corrected chi connectivity index (χ0v) is 15.4. The highest BCUT2D eigenvalue weighted by Gasteiger charge is 2.41. The van der Waals surface area contributed by atoms with Gasteiger partial charge in [0.1, 0.15) is 11.4 Å². The summed E-state index contributed by atoms with van der Waals surface area (Å²) in [5.41, 5.74) is 1.35. The van der Waals surface area contributed by atoms with Crippen molar-refractivity contribution in [2.75, 3.05) is 13.1 Å². The summed E-state index contributed by atoms with van der Waals surface area (Å²) in [5.74, 6) is 1.03. The largest absolute Gasteiger partial charge is 0.486 e. The van der Waals surface area contributed by atoms with Crippen molar-refractivity contribution in [1.29, 1.82) is 0 Å². The van der Waals surface area contributed by atoms with Gasteiger partial charge in [-0.1, -0.05) is 12.1 Å². The van der Waals surface area contributed by atoms with E-state index in [2.05, 4.69) is 10.2 Å². The molecule has 3 heterocycles. The van der Waals surface area contributed by atoms with Gasteiger partial charge in [0.15, 0.2) is 5.78 Å². The molecule has 1 N–H and O–H groups in total. The van der Waals surface area contributed by atoms with Crippen LogP contribution in [0.1, 0.15) is 54.4 Å². The molecule has 0 radical (unpaired) electrons. The molecule has 6 heteroatoms. The van der Waals surface area contributed by atoms with Crippen molar-refractivity contribution in [3.05, 3.63) is 47.8 Å². The highest BCUT2D eigenvalue weighted by atomic mass is 16.5. The molecule has 1 atom stereocenters. The summed E-state index contributed by atoms with van der Waals surface area (Å²) in [6, 6.07) is 7.47. The first-order valence-electron chi connectivity index (χ1n) is 9.72. The van der Waals surface area contributed by atoms with Crippen LogP contribution < -0.4 is 4.74 Å². The van der Waals surface area contributed by atoms with Crippen molar-refractivity contribution >= 4 is 11.7 Å². The molecule has 1 amide bonds. The Morgan fingerprint density at radius 3 is 3.00 bits per heavy atom. The van der Waals surface area contributed by atoms with Crippen LogP contribution >= 0.6 is 0 Å². The number of H-pyrrole nitrogens is 1. The van der Waals surface area contributed by atoms with Gasteiger partial charge >= 0.3 is 0 Å². The Hall–Kier alpha value is -2.63. The van der Waals surface area contributed by atoms with E-state index in [9.17, 15) is 9.59 Å². The number of likely N-dealkylation sites (tertiary alicyclic amines) is 1. The number of hydrogen-bond acceptors (Lipinski definition) is 4. The maximum Gasteiger partial charge on any atom is 0.222 e. The van der Waals surface area contributed by atoms with Crippen LogP contribution in [0.3, 0.4) is 0 Å².